The number of anilines is 1. The van der Waals surface area contributed by atoms with Gasteiger partial charge in [-0.3, -0.25) is 10.1 Å². The van der Waals surface area contributed by atoms with Gasteiger partial charge in [-0.15, -0.1) is 0 Å². The Morgan fingerprint density at radius 2 is 1.85 bits per heavy atom. The number of hydrogen-bond acceptors (Lipinski definition) is 7. The van der Waals surface area contributed by atoms with Gasteiger partial charge >= 0.3 is 11.9 Å². The van der Waals surface area contributed by atoms with Gasteiger partial charge in [-0.25, -0.2) is 9.59 Å². The topological polar surface area (TPSA) is 108 Å². The van der Waals surface area contributed by atoms with E-state index in [2.05, 4.69) is 5.32 Å². The van der Waals surface area contributed by atoms with Crippen LogP contribution in [0.1, 0.15) is 18.6 Å². The van der Waals surface area contributed by atoms with Crippen molar-refractivity contribution in [3.63, 3.8) is 0 Å². The molecular weight excluding hydrogens is 352 g/mol. The van der Waals surface area contributed by atoms with Gasteiger partial charge in [0.15, 0.2) is 6.10 Å². The van der Waals surface area contributed by atoms with E-state index in [1.807, 2.05) is 0 Å². The molecule has 8 heteroatoms. The van der Waals surface area contributed by atoms with Crippen LogP contribution in [0.4, 0.5) is 11.4 Å². The summed E-state index contributed by atoms with van der Waals surface area (Å²) in [5.41, 5.74) is 0.221. The zero-order valence-corrected chi connectivity index (χ0v) is 14.4. The predicted molar refractivity (Wildman–Crippen MR) is 95.7 cm³/mol. The van der Waals surface area contributed by atoms with Crippen LogP contribution in [0.3, 0.4) is 0 Å². The molecule has 138 valence electrons. The monoisotopic (exact) mass is 368 g/mol. The van der Waals surface area contributed by atoms with Crippen LogP contribution in [0.2, 0.25) is 0 Å². The third kappa shape index (κ3) is 3.64. The van der Waals surface area contributed by atoms with Crippen LogP contribution in [-0.4, -0.2) is 23.5 Å². The fourth-order valence-electron chi connectivity index (χ4n) is 2.76. The lowest BCUT2D eigenvalue weighted by Gasteiger charge is -2.13. The number of nitro benzene ring substituents is 1. The highest BCUT2D eigenvalue weighted by Gasteiger charge is 2.43. The highest BCUT2D eigenvalue weighted by atomic mass is 16.6. The van der Waals surface area contributed by atoms with Crippen LogP contribution >= 0.6 is 0 Å². The third-order valence-electron chi connectivity index (χ3n) is 3.91. The molecule has 2 aromatic rings. The summed E-state index contributed by atoms with van der Waals surface area (Å²) in [6.07, 6.45) is -1.23. The molecule has 2 aromatic carbocycles. The Labute approximate surface area is 154 Å². The van der Waals surface area contributed by atoms with Crippen LogP contribution in [-0.2, 0) is 19.1 Å². The summed E-state index contributed by atoms with van der Waals surface area (Å²) in [5, 5.41) is 14.2. The summed E-state index contributed by atoms with van der Waals surface area (Å²) in [4.78, 5) is 35.7. The van der Waals surface area contributed by atoms with Crippen molar-refractivity contribution in [2.75, 3.05) is 11.9 Å². The molecule has 0 aliphatic carbocycles. The highest BCUT2D eigenvalue weighted by Crippen LogP contribution is 2.40. The number of para-hydroxylation sites is 2. The number of nitrogens with zero attached hydrogens (tertiary/aromatic N) is 1. The zero-order chi connectivity index (χ0) is 19.4. The van der Waals surface area contributed by atoms with Crippen LogP contribution in [0, 0.1) is 10.1 Å². The molecule has 0 spiro atoms. The standard InChI is InChI=1S/C19H16N2O6/c1-2-26-18(22)15-16(20-12-8-4-3-5-9-12)19(23)27-17(15)13-10-6-7-11-14(13)21(24)25/h3-11,17,20H,2H2,1H3. The second kappa shape index (κ2) is 7.69. The van der Waals surface area contributed by atoms with Crippen molar-refractivity contribution in [2.24, 2.45) is 0 Å². The van der Waals surface area contributed by atoms with Gasteiger partial charge in [0.2, 0.25) is 0 Å². The maximum Gasteiger partial charge on any atom is 0.356 e. The Hall–Kier alpha value is -3.68. The molecular formula is C19H16N2O6. The molecule has 1 unspecified atom stereocenters. The quantitative estimate of drug-likeness (QED) is 0.474. The first-order chi connectivity index (χ1) is 13.0. The third-order valence-corrected chi connectivity index (χ3v) is 3.91. The largest absolute Gasteiger partial charge is 0.462 e. The summed E-state index contributed by atoms with van der Waals surface area (Å²) in [7, 11) is 0. The van der Waals surface area contributed by atoms with Crippen LogP contribution in [0.15, 0.2) is 65.9 Å². The maximum absolute atomic E-state index is 12.5. The highest BCUT2D eigenvalue weighted by molar-refractivity contribution is 6.06. The fraction of sp³-hybridized carbons (Fsp3) is 0.158. The molecule has 0 radical (unpaired) electrons. The van der Waals surface area contributed by atoms with Gasteiger partial charge in [0.25, 0.3) is 5.69 Å². The van der Waals surface area contributed by atoms with Gasteiger partial charge in [-0.05, 0) is 25.1 Å². The van der Waals surface area contributed by atoms with Crippen molar-refractivity contribution in [1.29, 1.82) is 0 Å². The molecule has 8 nitrogen and oxygen atoms in total. The van der Waals surface area contributed by atoms with Crippen molar-refractivity contribution in [3.05, 3.63) is 81.5 Å². The van der Waals surface area contributed by atoms with Crippen LogP contribution in [0.5, 0.6) is 0 Å². The second-order valence-corrected chi connectivity index (χ2v) is 5.60. The molecule has 3 rings (SSSR count). The Balaban J connectivity index is 2.10. The summed E-state index contributed by atoms with van der Waals surface area (Å²) in [5.74, 6) is -1.56. The van der Waals surface area contributed by atoms with Gasteiger partial charge in [-0.1, -0.05) is 30.3 Å². The first-order valence-corrected chi connectivity index (χ1v) is 8.20. The van der Waals surface area contributed by atoms with Gasteiger partial charge in [0.1, 0.15) is 11.3 Å². The molecule has 0 bridgehead atoms. The van der Waals surface area contributed by atoms with Gasteiger partial charge in [0, 0.05) is 11.8 Å². The minimum atomic E-state index is -1.23. The average Bonchev–Trinajstić information content (AvgIpc) is 2.99. The number of ether oxygens (including phenoxy) is 2. The molecule has 27 heavy (non-hydrogen) atoms. The molecule has 0 amide bonds. The van der Waals surface area contributed by atoms with E-state index in [9.17, 15) is 19.7 Å². The summed E-state index contributed by atoms with van der Waals surface area (Å²) >= 11 is 0. The van der Waals surface area contributed by atoms with Crippen molar-refractivity contribution < 1.29 is 24.0 Å². The minimum Gasteiger partial charge on any atom is -0.462 e. The summed E-state index contributed by atoms with van der Waals surface area (Å²) in [6.45, 7) is 1.71. The van der Waals surface area contributed by atoms with E-state index in [4.69, 9.17) is 9.47 Å². The normalized spacial score (nSPS) is 16.0. The zero-order valence-electron chi connectivity index (χ0n) is 14.4. The number of esters is 2. The first kappa shape index (κ1) is 18.1. The van der Waals surface area contributed by atoms with Crippen LogP contribution in [0.25, 0.3) is 0 Å². The molecule has 1 aliphatic heterocycles. The van der Waals surface area contributed by atoms with Crippen molar-refractivity contribution >= 4 is 23.3 Å². The molecule has 0 saturated carbocycles. The number of rotatable bonds is 6. The Bertz CT molecular complexity index is 923. The van der Waals surface area contributed by atoms with E-state index in [1.165, 1.54) is 18.2 Å². The van der Waals surface area contributed by atoms with Crippen molar-refractivity contribution in [3.8, 4) is 0 Å². The molecule has 0 fully saturated rings. The Kier molecular flexibility index (Phi) is 5.16. The Morgan fingerprint density at radius 3 is 2.52 bits per heavy atom. The maximum atomic E-state index is 12.5. The molecule has 0 aromatic heterocycles. The molecule has 1 atom stereocenters. The van der Waals surface area contributed by atoms with E-state index in [0.717, 1.165) is 0 Å². The Morgan fingerprint density at radius 1 is 1.19 bits per heavy atom. The van der Waals surface area contributed by atoms with Gasteiger partial charge < -0.3 is 14.8 Å². The summed E-state index contributed by atoms with van der Waals surface area (Å²) in [6, 6.07) is 14.5. The van der Waals surface area contributed by atoms with E-state index in [1.54, 1.807) is 43.3 Å². The second-order valence-electron chi connectivity index (χ2n) is 5.60. The number of carbonyl (C=O) groups excluding carboxylic acids is 2. The van der Waals surface area contributed by atoms with Crippen molar-refractivity contribution in [1.82, 2.24) is 0 Å². The van der Waals surface area contributed by atoms with Gasteiger partial charge in [0.05, 0.1) is 17.1 Å². The van der Waals surface area contributed by atoms with Crippen molar-refractivity contribution in [2.45, 2.75) is 13.0 Å². The number of nitrogens with one attached hydrogen (secondary N) is 1. The number of hydrogen-bond donors (Lipinski definition) is 1. The summed E-state index contributed by atoms with van der Waals surface area (Å²) < 4.78 is 10.4. The lowest BCUT2D eigenvalue weighted by atomic mass is 9.99. The van der Waals surface area contributed by atoms with E-state index in [-0.39, 0.29) is 29.1 Å². The predicted octanol–water partition coefficient (Wildman–Crippen LogP) is 3.12. The van der Waals surface area contributed by atoms with E-state index < -0.39 is 23.0 Å². The lowest BCUT2D eigenvalue weighted by Crippen LogP contribution is -2.16. The molecule has 0 saturated heterocycles. The number of cyclic esters (lactones) is 1. The smallest absolute Gasteiger partial charge is 0.356 e. The lowest BCUT2D eigenvalue weighted by molar-refractivity contribution is -0.386. The fourth-order valence-corrected chi connectivity index (χ4v) is 2.76. The number of benzene rings is 2. The SMILES string of the molecule is CCOC(=O)C1=C(Nc2ccccc2)C(=O)OC1c1ccccc1[N+](=O)[O-]. The average molecular weight is 368 g/mol. The molecule has 1 N–H and O–H groups in total. The molecule has 1 heterocycles. The van der Waals surface area contributed by atoms with Gasteiger partial charge in [-0.2, -0.15) is 0 Å². The van der Waals surface area contributed by atoms with Crippen LogP contribution < -0.4 is 5.32 Å². The van der Waals surface area contributed by atoms with E-state index >= 15 is 0 Å². The number of nitro groups is 1. The van der Waals surface area contributed by atoms with E-state index in [0.29, 0.717) is 5.69 Å². The number of carbonyl (C=O) groups is 2. The molecule has 1 aliphatic rings. The first-order valence-electron chi connectivity index (χ1n) is 8.20. The minimum absolute atomic E-state index is 0.0821.